The summed E-state index contributed by atoms with van der Waals surface area (Å²) in [6.07, 6.45) is 6.18. The van der Waals surface area contributed by atoms with Crippen LogP contribution in [0.5, 0.6) is 0 Å². The van der Waals surface area contributed by atoms with Gasteiger partial charge in [0.1, 0.15) is 5.82 Å². The number of rotatable bonds is 4. The number of pyridine rings is 1. The van der Waals surface area contributed by atoms with Gasteiger partial charge in [-0.2, -0.15) is 0 Å². The molecule has 0 bridgehead atoms. The quantitative estimate of drug-likeness (QED) is 0.918. The lowest BCUT2D eigenvalue weighted by Crippen LogP contribution is -2.32. The molecule has 132 valence electrons. The first-order chi connectivity index (χ1) is 12.2. The summed E-state index contributed by atoms with van der Waals surface area (Å²) >= 11 is 0. The molecule has 8 heteroatoms. The Labute approximate surface area is 146 Å². The number of hydrogen-bond acceptors (Lipinski definition) is 5. The van der Waals surface area contributed by atoms with E-state index in [-0.39, 0.29) is 6.03 Å². The van der Waals surface area contributed by atoms with Gasteiger partial charge in [0.2, 0.25) is 0 Å². The number of anilines is 2. The van der Waals surface area contributed by atoms with Gasteiger partial charge in [-0.3, -0.25) is 0 Å². The Balaban J connectivity index is 1.44. The van der Waals surface area contributed by atoms with E-state index in [1.807, 2.05) is 12.1 Å². The van der Waals surface area contributed by atoms with Crippen LogP contribution >= 0.6 is 0 Å². The molecule has 8 nitrogen and oxygen atoms in total. The van der Waals surface area contributed by atoms with Gasteiger partial charge in [-0.15, -0.1) is 10.2 Å². The second-order valence-corrected chi connectivity index (χ2v) is 6.64. The lowest BCUT2D eigenvalue weighted by Gasteiger charge is -2.22. The number of urea groups is 1. The smallest absolute Gasteiger partial charge is 0.322 e. The molecule has 1 saturated heterocycles. The lowest BCUT2D eigenvalue weighted by molar-refractivity contribution is 0.219. The van der Waals surface area contributed by atoms with E-state index in [0.29, 0.717) is 6.54 Å². The van der Waals surface area contributed by atoms with Crippen molar-refractivity contribution in [3.8, 4) is 0 Å². The van der Waals surface area contributed by atoms with Gasteiger partial charge in [-0.05, 0) is 31.4 Å². The van der Waals surface area contributed by atoms with Crippen LogP contribution in [0.25, 0.3) is 0 Å². The van der Waals surface area contributed by atoms with Gasteiger partial charge in [0.15, 0.2) is 11.6 Å². The predicted molar refractivity (Wildman–Crippen MR) is 94.5 cm³/mol. The third-order valence-corrected chi connectivity index (χ3v) is 4.85. The Morgan fingerprint density at radius 3 is 2.92 bits per heavy atom. The van der Waals surface area contributed by atoms with Gasteiger partial charge in [0.25, 0.3) is 0 Å². The first-order valence-electron chi connectivity index (χ1n) is 8.85. The van der Waals surface area contributed by atoms with Crippen molar-refractivity contribution in [1.29, 1.82) is 0 Å². The maximum Gasteiger partial charge on any atom is 0.322 e. The zero-order valence-electron chi connectivity index (χ0n) is 14.5. The van der Waals surface area contributed by atoms with Crippen LogP contribution < -0.4 is 10.2 Å². The SMILES string of the molecule is CN(Cc1nnc2n1CCC2)C(=O)Nc1cccnc1N1CCCC1. The molecule has 25 heavy (non-hydrogen) atoms. The summed E-state index contributed by atoms with van der Waals surface area (Å²) in [5.41, 5.74) is 0.757. The van der Waals surface area contributed by atoms with Crippen LogP contribution in [-0.2, 0) is 19.5 Å². The van der Waals surface area contributed by atoms with Gasteiger partial charge in [-0.1, -0.05) is 0 Å². The highest BCUT2D eigenvalue weighted by Crippen LogP contribution is 2.26. The fourth-order valence-corrected chi connectivity index (χ4v) is 3.50. The van der Waals surface area contributed by atoms with Crippen LogP contribution in [0, 0.1) is 0 Å². The van der Waals surface area contributed by atoms with Crippen molar-refractivity contribution in [2.45, 2.75) is 38.8 Å². The van der Waals surface area contributed by atoms with Gasteiger partial charge in [0.05, 0.1) is 12.2 Å². The summed E-state index contributed by atoms with van der Waals surface area (Å²) < 4.78 is 2.11. The number of nitrogens with zero attached hydrogens (tertiary/aromatic N) is 6. The number of fused-ring (bicyclic) bond motifs is 1. The van der Waals surface area contributed by atoms with E-state index in [9.17, 15) is 4.79 Å². The molecule has 0 aromatic carbocycles. The van der Waals surface area contributed by atoms with Crippen LogP contribution in [0.4, 0.5) is 16.3 Å². The summed E-state index contributed by atoms with van der Waals surface area (Å²) in [6, 6.07) is 3.59. The van der Waals surface area contributed by atoms with Gasteiger partial charge in [-0.25, -0.2) is 9.78 Å². The zero-order chi connectivity index (χ0) is 17.2. The van der Waals surface area contributed by atoms with Crippen molar-refractivity contribution < 1.29 is 4.79 Å². The third kappa shape index (κ3) is 3.16. The number of carbonyl (C=O) groups excluding carboxylic acids is 1. The van der Waals surface area contributed by atoms with Crippen LogP contribution in [0.1, 0.15) is 30.9 Å². The molecule has 0 saturated carbocycles. The molecule has 0 spiro atoms. The summed E-state index contributed by atoms with van der Waals surface area (Å²) in [7, 11) is 1.78. The monoisotopic (exact) mass is 341 g/mol. The highest BCUT2D eigenvalue weighted by Gasteiger charge is 2.22. The molecule has 2 aromatic rings. The summed E-state index contributed by atoms with van der Waals surface area (Å²) in [6.45, 7) is 3.36. The first-order valence-corrected chi connectivity index (χ1v) is 8.85. The van der Waals surface area contributed by atoms with Gasteiger partial charge >= 0.3 is 6.03 Å². The maximum atomic E-state index is 12.6. The number of aryl methyl sites for hydroxylation is 1. The first kappa shape index (κ1) is 15.9. The standard InChI is InChI=1S/C17H23N7O/c1-22(12-15-21-20-14-7-5-11-24(14)15)17(25)19-13-6-4-8-18-16(13)23-9-2-3-10-23/h4,6,8H,2-3,5,7,9-12H2,1H3,(H,19,25). The minimum atomic E-state index is -0.163. The van der Waals surface area contributed by atoms with Crippen molar-refractivity contribution in [2.75, 3.05) is 30.4 Å². The van der Waals surface area contributed by atoms with E-state index >= 15 is 0 Å². The summed E-state index contributed by atoms with van der Waals surface area (Å²) in [5.74, 6) is 2.72. The molecule has 4 rings (SSSR count). The van der Waals surface area contributed by atoms with Crippen molar-refractivity contribution in [2.24, 2.45) is 0 Å². The van der Waals surface area contributed by atoms with Gasteiger partial charge < -0.3 is 19.7 Å². The zero-order valence-corrected chi connectivity index (χ0v) is 14.5. The Kier molecular flexibility index (Phi) is 4.25. The average Bonchev–Trinajstić information content (AvgIpc) is 3.35. The summed E-state index contributed by atoms with van der Waals surface area (Å²) in [4.78, 5) is 20.9. The van der Waals surface area contributed by atoms with E-state index in [4.69, 9.17) is 0 Å². The van der Waals surface area contributed by atoms with Crippen molar-refractivity contribution >= 4 is 17.5 Å². The molecule has 4 heterocycles. The average molecular weight is 341 g/mol. The molecule has 0 unspecified atom stereocenters. The minimum absolute atomic E-state index is 0.163. The number of amides is 2. The van der Waals surface area contributed by atoms with Crippen molar-refractivity contribution in [3.05, 3.63) is 30.0 Å². The van der Waals surface area contributed by atoms with E-state index in [1.54, 1.807) is 18.1 Å². The topological polar surface area (TPSA) is 79.2 Å². The van der Waals surface area contributed by atoms with E-state index in [1.165, 1.54) is 12.8 Å². The van der Waals surface area contributed by atoms with Crippen LogP contribution in [0.15, 0.2) is 18.3 Å². The van der Waals surface area contributed by atoms with Crippen LogP contribution in [0.2, 0.25) is 0 Å². The largest absolute Gasteiger partial charge is 0.355 e. The second kappa shape index (κ2) is 6.70. The minimum Gasteiger partial charge on any atom is -0.355 e. The Hall–Kier alpha value is -2.64. The molecular weight excluding hydrogens is 318 g/mol. The fraction of sp³-hybridized carbons (Fsp3) is 0.529. The van der Waals surface area contributed by atoms with Crippen LogP contribution in [-0.4, -0.2) is 50.8 Å². The van der Waals surface area contributed by atoms with E-state index < -0.39 is 0 Å². The van der Waals surface area contributed by atoms with E-state index in [2.05, 4.69) is 30.0 Å². The molecule has 2 aliphatic heterocycles. The number of hydrogen-bond donors (Lipinski definition) is 1. The predicted octanol–water partition coefficient (Wildman–Crippen LogP) is 1.88. The second-order valence-electron chi connectivity index (χ2n) is 6.64. The summed E-state index contributed by atoms with van der Waals surface area (Å²) in [5, 5.41) is 11.4. The van der Waals surface area contributed by atoms with Crippen molar-refractivity contribution in [3.63, 3.8) is 0 Å². The number of carbonyl (C=O) groups is 1. The molecule has 1 fully saturated rings. The Morgan fingerprint density at radius 2 is 2.08 bits per heavy atom. The molecular formula is C17H23N7O. The Bertz CT molecular complexity index is 766. The fourth-order valence-electron chi connectivity index (χ4n) is 3.50. The number of nitrogens with one attached hydrogen (secondary N) is 1. The van der Waals surface area contributed by atoms with Gasteiger partial charge in [0, 0.05) is 39.3 Å². The Morgan fingerprint density at radius 1 is 1.24 bits per heavy atom. The molecule has 0 radical (unpaired) electrons. The van der Waals surface area contributed by atoms with Crippen LogP contribution in [0.3, 0.4) is 0 Å². The lowest BCUT2D eigenvalue weighted by atomic mass is 10.3. The highest BCUT2D eigenvalue weighted by atomic mass is 16.2. The normalized spacial score (nSPS) is 16.1. The molecule has 0 atom stereocenters. The molecule has 2 amide bonds. The maximum absolute atomic E-state index is 12.6. The molecule has 2 aliphatic rings. The van der Waals surface area contributed by atoms with Crippen molar-refractivity contribution in [1.82, 2.24) is 24.6 Å². The number of aromatic nitrogens is 4. The molecule has 1 N–H and O–H groups in total. The highest BCUT2D eigenvalue weighted by molar-refractivity contribution is 5.92. The third-order valence-electron chi connectivity index (χ3n) is 4.85. The molecule has 2 aromatic heterocycles. The molecule has 0 aliphatic carbocycles. The van der Waals surface area contributed by atoms with E-state index in [0.717, 1.165) is 55.6 Å².